The third kappa shape index (κ3) is 2.01. The summed E-state index contributed by atoms with van der Waals surface area (Å²) in [6.45, 7) is 0. The molecule has 3 rings (SSSR count). The van der Waals surface area contributed by atoms with E-state index < -0.39 is 17.9 Å². The summed E-state index contributed by atoms with van der Waals surface area (Å²) in [4.78, 5) is 24.1. The van der Waals surface area contributed by atoms with E-state index in [1.807, 2.05) is 31.3 Å². The Morgan fingerprint density at radius 1 is 1.18 bits per heavy atom. The van der Waals surface area contributed by atoms with Gasteiger partial charge in [0.1, 0.15) is 0 Å². The number of hydrogen-bond donors (Lipinski definition) is 0. The summed E-state index contributed by atoms with van der Waals surface area (Å²) in [5, 5.41) is 1.06. The quantitative estimate of drug-likeness (QED) is 0.797. The first-order chi connectivity index (χ1) is 10.6. The van der Waals surface area contributed by atoms with Crippen LogP contribution in [-0.4, -0.2) is 30.7 Å². The minimum Gasteiger partial charge on any atom is -0.469 e. The van der Waals surface area contributed by atoms with Gasteiger partial charge in [0.25, 0.3) is 0 Å². The average Bonchev–Trinajstić information content (AvgIpc) is 2.85. The maximum absolute atomic E-state index is 12.1. The van der Waals surface area contributed by atoms with Crippen LogP contribution in [0.4, 0.5) is 0 Å². The van der Waals surface area contributed by atoms with E-state index >= 15 is 0 Å². The molecule has 5 nitrogen and oxygen atoms in total. The molecular weight excluding hydrogens is 282 g/mol. The maximum atomic E-state index is 12.1. The van der Waals surface area contributed by atoms with Gasteiger partial charge >= 0.3 is 11.9 Å². The zero-order valence-corrected chi connectivity index (χ0v) is 12.8. The molecule has 5 heteroatoms. The molecule has 1 unspecified atom stereocenters. The maximum Gasteiger partial charge on any atom is 0.334 e. The summed E-state index contributed by atoms with van der Waals surface area (Å²) >= 11 is 0. The van der Waals surface area contributed by atoms with Gasteiger partial charge in [0.05, 0.1) is 25.7 Å². The predicted molar refractivity (Wildman–Crippen MR) is 82.1 cm³/mol. The van der Waals surface area contributed by atoms with E-state index in [1.165, 1.54) is 14.2 Å². The summed E-state index contributed by atoms with van der Waals surface area (Å²) in [6.07, 6.45) is 2.18. The Kier molecular flexibility index (Phi) is 3.48. The lowest BCUT2D eigenvalue weighted by Gasteiger charge is -2.22. The van der Waals surface area contributed by atoms with Crippen LogP contribution in [0, 0.1) is 5.92 Å². The van der Waals surface area contributed by atoms with Crippen LogP contribution in [0.5, 0.6) is 0 Å². The number of aromatic nitrogens is 1. The van der Waals surface area contributed by atoms with E-state index in [9.17, 15) is 9.59 Å². The van der Waals surface area contributed by atoms with Crippen molar-refractivity contribution in [1.29, 1.82) is 0 Å². The third-order valence-corrected chi connectivity index (χ3v) is 4.25. The van der Waals surface area contributed by atoms with Gasteiger partial charge in [0.15, 0.2) is 0 Å². The number of fused-ring (bicyclic) bond motifs is 3. The van der Waals surface area contributed by atoms with Crippen molar-refractivity contribution in [1.82, 2.24) is 4.57 Å². The summed E-state index contributed by atoms with van der Waals surface area (Å²) in [7, 11) is 4.61. The molecule has 0 saturated carbocycles. The van der Waals surface area contributed by atoms with Gasteiger partial charge in [-0.15, -0.1) is 0 Å². The molecular formula is C17H17NO4. The van der Waals surface area contributed by atoms with E-state index in [2.05, 4.69) is 4.57 Å². The van der Waals surface area contributed by atoms with Gasteiger partial charge < -0.3 is 14.0 Å². The van der Waals surface area contributed by atoms with Crippen molar-refractivity contribution in [2.24, 2.45) is 13.0 Å². The molecule has 0 N–H and O–H groups in total. The Bertz CT molecular complexity index is 800. The highest BCUT2D eigenvalue weighted by atomic mass is 16.5. The van der Waals surface area contributed by atoms with Crippen LogP contribution >= 0.6 is 0 Å². The fourth-order valence-electron chi connectivity index (χ4n) is 3.11. The molecule has 1 atom stereocenters. The number of para-hydroxylation sites is 1. The first-order valence-corrected chi connectivity index (χ1v) is 7.02. The van der Waals surface area contributed by atoms with E-state index in [1.54, 1.807) is 6.08 Å². The molecule has 0 bridgehead atoms. The van der Waals surface area contributed by atoms with Crippen LogP contribution in [0.3, 0.4) is 0 Å². The van der Waals surface area contributed by atoms with Crippen LogP contribution in [0.15, 0.2) is 29.8 Å². The molecule has 1 aliphatic carbocycles. The van der Waals surface area contributed by atoms with Gasteiger partial charge in [-0.2, -0.15) is 0 Å². The molecule has 0 spiro atoms. The normalized spacial score (nSPS) is 16.9. The highest BCUT2D eigenvalue weighted by Gasteiger charge is 2.35. The van der Waals surface area contributed by atoms with Gasteiger partial charge in [-0.25, -0.2) is 4.79 Å². The average molecular weight is 299 g/mol. The van der Waals surface area contributed by atoms with Gasteiger partial charge in [-0.05, 0) is 12.1 Å². The molecule has 1 heterocycles. The van der Waals surface area contributed by atoms with Gasteiger partial charge in [-0.1, -0.05) is 18.2 Å². The third-order valence-electron chi connectivity index (χ3n) is 4.25. The van der Waals surface area contributed by atoms with Crippen molar-refractivity contribution in [3.05, 3.63) is 41.1 Å². The van der Waals surface area contributed by atoms with Gasteiger partial charge in [-0.3, -0.25) is 4.79 Å². The highest BCUT2D eigenvalue weighted by molar-refractivity contribution is 6.04. The molecule has 22 heavy (non-hydrogen) atoms. The van der Waals surface area contributed by atoms with Crippen LogP contribution < -0.4 is 0 Å². The second kappa shape index (κ2) is 5.33. The standard InChI is InChI=1S/C17H17NO4/c1-18-14-7-5-4-6-10(14)11-8-12(16(19)21-2)13(9-15(11)18)17(20)22-3/h4-8,13H,9H2,1-3H3. The summed E-state index contributed by atoms with van der Waals surface area (Å²) in [6, 6.07) is 7.96. The minimum absolute atomic E-state index is 0.346. The SMILES string of the molecule is COC(=O)C1=Cc2c(n(C)c3ccccc23)CC1C(=O)OC. The lowest BCUT2D eigenvalue weighted by Crippen LogP contribution is -2.28. The zero-order valence-electron chi connectivity index (χ0n) is 12.8. The lowest BCUT2D eigenvalue weighted by molar-refractivity contribution is -0.147. The van der Waals surface area contributed by atoms with Crippen molar-refractivity contribution in [2.75, 3.05) is 14.2 Å². The van der Waals surface area contributed by atoms with Crippen LogP contribution in [0.25, 0.3) is 17.0 Å². The van der Waals surface area contributed by atoms with Crippen molar-refractivity contribution in [2.45, 2.75) is 6.42 Å². The van der Waals surface area contributed by atoms with Crippen LogP contribution in [0.2, 0.25) is 0 Å². The van der Waals surface area contributed by atoms with Crippen LogP contribution in [-0.2, 0) is 32.5 Å². The second-order valence-electron chi connectivity index (χ2n) is 5.31. The Labute approximate surface area is 128 Å². The van der Waals surface area contributed by atoms with Gasteiger partial charge in [0.2, 0.25) is 0 Å². The smallest absolute Gasteiger partial charge is 0.334 e. The molecule has 0 amide bonds. The Hall–Kier alpha value is -2.56. The minimum atomic E-state index is -0.632. The molecule has 0 radical (unpaired) electrons. The number of aryl methyl sites for hydroxylation is 1. The number of hydrogen-bond acceptors (Lipinski definition) is 4. The Morgan fingerprint density at radius 2 is 1.91 bits per heavy atom. The number of esters is 2. The molecule has 1 aromatic heterocycles. The summed E-state index contributed by atoms with van der Waals surface area (Å²) in [5.41, 5.74) is 3.40. The Balaban J connectivity index is 2.24. The number of ether oxygens (including phenoxy) is 2. The lowest BCUT2D eigenvalue weighted by atomic mass is 9.86. The molecule has 0 fully saturated rings. The van der Waals surface area contributed by atoms with Gasteiger partial charge in [0, 0.05) is 35.6 Å². The zero-order chi connectivity index (χ0) is 15.9. The van der Waals surface area contributed by atoms with E-state index in [0.29, 0.717) is 12.0 Å². The molecule has 114 valence electrons. The highest BCUT2D eigenvalue weighted by Crippen LogP contribution is 2.36. The fourth-order valence-corrected chi connectivity index (χ4v) is 3.11. The number of rotatable bonds is 2. The van der Waals surface area contributed by atoms with Crippen molar-refractivity contribution in [3.63, 3.8) is 0 Å². The monoisotopic (exact) mass is 299 g/mol. The number of benzene rings is 1. The van der Waals surface area contributed by atoms with Crippen molar-refractivity contribution >= 4 is 28.9 Å². The molecule has 1 aliphatic rings. The fraction of sp³-hybridized carbons (Fsp3) is 0.294. The number of methoxy groups -OCH3 is 2. The number of carbonyl (C=O) groups excluding carboxylic acids is 2. The van der Waals surface area contributed by atoms with E-state index in [4.69, 9.17) is 9.47 Å². The Morgan fingerprint density at radius 3 is 2.59 bits per heavy atom. The topological polar surface area (TPSA) is 57.5 Å². The van der Waals surface area contributed by atoms with E-state index in [-0.39, 0.29) is 0 Å². The molecule has 1 aromatic carbocycles. The predicted octanol–water partition coefficient (Wildman–Crippen LogP) is 2.08. The summed E-state index contributed by atoms with van der Waals surface area (Å²) in [5.74, 6) is -1.55. The molecule has 0 saturated heterocycles. The molecule has 0 aliphatic heterocycles. The number of carbonyl (C=O) groups is 2. The first-order valence-electron chi connectivity index (χ1n) is 7.02. The summed E-state index contributed by atoms with van der Waals surface area (Å²) < 4.78 is 11.7. The van der Waals surface area contributed by atoms with Crippen LogP contribution in [0.1, 0.15) is 11.3 Å². The first kappa shape index (κ1) is 14.4. The molecule has 2 aromatic rings. The second-order valence-corrected chi connectivity index (χ2v) is 5.31. The largest absolute Gasteiger partial charge is 0.469 e. The van der Waals surface area contributed by atoms with E-state index in [0.717, 1.165) is 22.2 Å². The number of nitrogens with zero attached hydrogens (tertiary/aromatic N) is 1. The van der Waals surface area contributed by atoms with Crippen molar-refractivity contribution < 1.29 is 19.1 Å². The van der Waals surface area contributed by atoms with Crippen molar-refractivity contribution in [3.8, 4) is 0 Å².